The molecule has 1 aliphatic heterocycles. The topological polar surface area (TPSA) is 84.4 Å². The Morgan fingerprint density at radius 1 is 0.929 bits per heavy atom. The molecule has 0 bridgehead atoms. The molecule has 1 aromatic heterocycles. The zero-order valence-electron chi connectivity index (χ0n) is 15.1. The van der Waals surface area contributed by atoms with Crippen molar-refractivity contribution in [3.05, 3.63) is 72.4 Å². The molecule has 8 heteroatoms. The summed E-state index contributed by atoms with van der Waals surface area (Å²) in [6.45, 7) is 0.0849. The molecule has 146 valence electrons. The van der Waals surface area contributed by atoms with Crippen LogP contribution in [-0.2, 0) is 19.9 Å². The SMILES string of the molecule is O=S1(=O)CCN(S(=O)(=O)c2cccc3cccnc23)CCC1c1ccccc1. The summed E-state index contributed by atoms with van der Waals surface area (Å²) in [5.41, 5.74) is 1.10. The van der Waals surface area contributed by atoms with Gasteiger partial charge in [0.2, 0.25) is 10.0 Å². The van der Waals surface area contributed by atoms with Crippen molar-refractivity contribution in [1.29, 1.82) is 0 Å². The molecule has 0 amide bonds. The van der Waals surface area contributed by atoms with E-state index in [0.717, 1.165) is 5.39 Å². The Hall–Kier alpha value is -2.29. The van der Waals surface area contributed by atoms with E-state index in [9.17, 15) is 16.8 Å². The molecule has 1 aliphatic rings. The van der Waals surface area contributed by atoms with Crippen LogP contribution in [0.25, 0.3) is 10.9 Å². The van der Waals surface area contributed by atoms with Crippen LogP contribution in [0, 0.1) is 0 Å². The van der Waals surface area contributed by atoms with Gasteiger partial charge < -0.3 is 0 Å². The van der Waals surface area contributed by atoms with Gasteiger partial charge in [-0.3, -0.25) is 4.98 Å². The average Bonchev–Trinajstić information content (AvgIpc) is 2.86. The van der Waals surface area contributed by atoms with Gasteiger partial charge in [0.25, 0.3) is 0 Å². The summed E-state index contributed by atoms with van der Waals surface area (Å²) in [6.07, 6.45) is 1.78. The minimum absolute atomic E-state index is 0.0583. The second-order valence-electron chi connectivity index (χ2n) is 6.79. The first-order chi connectivity index (χ1) is 13.4. The highest BCUT2D eigenvalue weighted by atomic mass is 32.2. The zero-order valence-corrected chi connectivity index (χ0v) is 16.7. The van der Waals surface area contributed by atoms with E-state index in [0.29, 0.717) is 11.1 Å². The van der Waals surface area contributed by atoms with E-state index in [1.54, 1.807) is 54.7 Å². The van der Waals surface area contributed by atoms with Crippen LogP contribution >= 0.6 is 0 Å². The Labute approximate surface area is 164 Å². The fourth-order valence-electron chi connectivity index (χ4n) is 3.63. The third-order valence-corrected chi connectivity index (χ3v) is 9.14. The van der Waals surface area contributed by atoms with Crippen molar-refractivity contribution in [2.45, 2.75) is 16.6 Å². The highest BCUT2D eigenvalue weighted by Gasteiger charge is 2.36. The lowest BCUT2D eigenvalue weighted by atomic mass is 10.1. The zero-order chi connectivity index (χ0) is 19.8. The maximum absolute atomic E-state index is 13.3. The first kappa shape index (κ1) is 19.0. The molecule has 2 aromatic carbocycles. The molecule has 3 aromatic rings. The number of para-hydroxylation sites is 1. The summed E-state index contributed by atoms with van der Waals surface area (Å²) in [6, 6.07) is 17.6. The Morgan fingerprint density at radius 2 is 1.68 bits per heavy atom. The molecule has 1 atom stereocenters. The van der Waals surface area contributed by atoms with Crippen molar-refractivity contribution in [3.63, 3.8) is 0 Å². The smallest absolute Gasteiger partial charge is 0.245 e. The van der Waals surface area contributed by atoms with E-state index in [2.05, 4.69) is 4.98 Å². The third-order valence-electron chi connectivity index (χ3n) is 5.08. The van der Waals surface area contributed by atoms with Gasteiger partial charge in [-0.05, 0) is 24.1 Å². The quantitative estimate of drug-likeness (QED) is 0.655. The van der Waals surface area contributed by atoms with E-state index >= 15 is 0 Å². The van der Waals surface area contributed by atoms with Crippen molar-refractivity contribution >= 4 is 30.8 Å². The lowest BCUT2D eigenvalue weighted by molar-refractivity contribution is 0.428. The van der Waals surface area contributed by atoms with Gasteiger partial charge in [-0.25, -0.2) is 16.8 Å². The van der Waals surface area contributed by atoms with Gasteiger partial charge in [0, 0.05) is 24.7 Å². The molecule has 0 saturated carbocycles. The molecule has 1 fully saturated rings. The minimum atomic E-state index is -3.86. The number of sulfone groups is 1. The number of pyridine rings is 1. The Morgan fingerprint density at radius 3 is 2.46 bits per heavy atom. The van der Waals surface area contributed by atoms with Gasteiger partial charge in [0.15, 0.2) is 9.84 Å². The van der Waals surface area contributed by atoms with E-state index in [-0.39, 0.29) is 30.2 Å². The molecule has 0 spiro atoms. The summed E-state index contributed by atoms with van der Waals surface area (Å²) in [4.78, 5) is 4.34. The van der Waals surface area contributed by atoms with Crippen molar-refractivity contribution in [3.8, 4) is 0 Å². The first-order valence-corrected chi connectivity index (χ1v) is 12.2. The summed E-state index contributed by atoms with van der Waals surface area (Å²) < 4.78 is 53.5. The van der Waals surface area contributed by atoms with Crippen LogP contribution < -0.4 is 0 Å². The monoisotopic (exact) mass is 416 g/mol. The van der Waals surface area contributed by atoms with Crippen LogP contribution in [0.5, 0.6) is 0 Å². The summed E-state index contributed by atoms with van der Waals surface area (Å²) >= 11 is 0. The maximum Gasteiger partial charge on any atom is 0.245 e. The second-order valence-corrected chi connectivity index (χ2v) is 11.0. The highest BCUT2D eigenvalue weighted by molar-refractivity contribution is 7.92. The minimum Gasteiger partial charge on any atom is -0.255 e. The average molecular weight is 417 g/mol. The summed E-state index contributed by atoms with van der Waals surface area (Å²) in [5.74, 6) is -0.204. The van der Waals surface area contributed by atoms with Gasteiger partial charge >= 0.3 is 0 Å². The number of aromatic nitrogens is 1. The van der Waals surface area contributed by atoms with Crippen molar-refractivity contribution in [2.24, 2.45) is 0 Å². The largest absolute Gasteiger partial charge is 0.255 e. The summed E-state index contributed by atoms with van der Waals surface area (Å²) in [7, 11) is -7.31. The van der Waals surface area contributed by atoms with Crippen LogP contribution in [0.2, 0.25) is 0 Å². The molecule has 4 rings (SSSR count). The van der Waals surface area contributed by atoms with Gasteiger partial charge in [0.1, 0.15) is 4.90 Å². The second kappa shape index (κ2) is 7.27. The van der Waals surface area contributed by atoms with Crippen LogP contribution in [0.1, 0.15) is 17.2 Å². The molecule has 0 N–H and O–H groups in total. The molecule has 28 heavy (non-hydrogen) atoms. The molecule has 0 aliphatic carbocycles. The predicted octanol–water partition coefficient (Wildman–Crippen LogP) is 2.79. The van der Waals surface area contributed by atoms with Crippen LogP contribution in [0.3, 0.4) is 0 Å². The number of nitrogens with zero attached hydrogens (tertiary/aromatic N) is 2. The normalized spacial score (nSPS) is 20.6. The number of rotatable bonds is 3. The van der Waals surface area contributed by atoms with Gasteiger partial charge in [-0.2, -0.15) is 4.31 Å². The lowest BCUT2D eigenvalue weighted by Crippen LogP contribution is -2.33. The number of hydrogen-bond acceptors (Lipinski definition) is 5. The highest BCUT2D eigenvalue weighted by Crippen LogP contribution is 2.32. The van der Waals surface area contributed by atoms with Crippen LogP contribution in [0.4, 0.5) is 0 Å². The molecule has 1 saturated heterocycles. The number of hydrogen-bond donors (Lipinski definition) is 0. The molecular weight excluding hydrogens is 396 g/mol. The molecule has 2 heterocycles. The van der Waals surface area contributed by atoms with Gasteiger partial charge in [0.05, 0.1) is 16.5 Å². The molecule has 0 radical (unpaired) electrons. The van der Waals surface area contributed by atoms with E-state index in [4.69, 9.17) is 0 Å². The Bertz CT molecular complexity index is 1200. The van der Waals surface area contributed by atoms with Crippen molar-refractivity contribution < 1.29 is 16.8 Å². The Kier molecular flexibility index (Phi) is 4.95. The third kappa shape index (κ3) is 3.43. The van der Waals surface area contributed by atoms with Gasteiger partial charge in [-0.1, -0.05) is 48.5 Å². The summed E-state index contributed by atoms with van der Waals surface area (Å²) in [5, 5.41) is 0.0349. The van der Waals surface area contributed by atoms with E-state index in [1.165, 1.54) is 10.4 Å². The fourth-order valence-corrected chi connectivity index (χ4v) is 7.16. The van der Waals surface area contributed by atoms with Crippen LogP contribution in [0.15, 0.2) is 71.8 Å². The molecular formula is C20H20N2O4S2. The Balaban J connectivity index is 1.70. The van der Waals surface area contributed by atoms with E-state index in [1.807, 2.05) is 6.07 Å². The van der Waals surface area contributed by atoms with Crippen molar-refractivity contribution in [2.75, 3.05) is 18.8 Å². The standard InChI is InChI=1S/C20H20N2O4S2/c23-27(24)15-14-22(13-11-18(27)16-6-2-1-3-7-16)28(25,26)19-10-4-8-17-9-5-12-21-20(17)19/h1-10,12,18H,11,13-15H2. The van der Waals surface area contributed by atoms with E-state index < -0.39 is 25.1 Å². The van der Waals surface area contributed by atoms with Crippen molar-refractivity contribution in [1.82, 2.24) is 9.29 Å². The molecule has 1 unspecified atom stereocenters. The fraction of sp³-hybridized carbons (Fsp3) is 0.250. The lowest BCUT2D eigenvalue weighted by Gasteiger charge is -2.20. The molecule has 6 nitrogen and oxygen atoms in total. The van der Waals surface area contributed by atoms with Gasteiger partial charge in [-0.15, -0.1) is 0 Å². The predicted molar refractivity (Wildman–Crippen MR) is 108 cm³/mol. The number of sulfonamides is 1. The maximum atomic E-state index is 13.3. The first-order valence-electron chi connectivity index (χ1n) is 9.00. The van der Waals surface area contributed by atoms with Crippen LogP contribution in [-0.4, -0.2) is 45.0 Å². The number of benzene rings is 2. The number of fused-ring (bicyclic) bond motifs is 1.